The highest BCUT2D eigenvalue weighted by atomic mass is 16.3. The second-order valence-electron chi connectivity index (χ2n) is 15.1. The Morgan fingerprint density at radius 3 is 2.10 bits per heavy atom. The number of aromatic hydroxyl groups is 1. The maximum absolute atomic E-state index is 11.8. The second kappa shape index (κ2) is 11.5. The summed E-state index contributed by atoms with van der Waals surface area (Å²) in [6.07, 6.45) is 1.97. The molecule has 0 amide bonds. The first-order chi connectivity index (χ1) is 22.8. The predicted molar refractivity (Wildman–Crippen MR) is 202 cm³/mol. The van der Waals surface area contributed by atoms with Gasteiger partial charge < -0.3 is 9.67 Å². The van der Waals surface area contributed by atoms with E-state index in [9.17, 15) is 5.11 Å². The highest BCUT2D eigenvalue weighted by Gasteiger charge is 2.27. The van der Waals surface area contributed by atoms with E-state index in [1.165, 1.54) is 16.7 Å². The van der Waals surface area contributed by atoms with Gasteiger partial charge in [0.05, 0.1) is 22.3 Å². The van der Waals surface area contributed by atoms with E-state index in [1.807, 2.05) is 19.3 Å². The molecule has 0 aliphatic rings. The number of benzene rings is 5. The van der Waals surface area contributed by atoms with E-state index in [4.69, 9.17) is 9.97 Å². The van der Waals surface area contributed by atoms with E-state index in [2.05, 4.69) is 150 Å². The fourth-order valence-corrected chi connectivity index (χ4v) is 6.77. The van der Waals surface area contributed by atoms with Gasteiger partial charge in [-0.15, -0.1) is 0 Å². The third-order valence-electron chi connectivity index (χ3n) is 9.57. The van der Waals surface area contributed by atoms with Gasteiger partial charge in [0.25, 0.3) is 0 Å². The van der Waals surface area contributed by atoms with Crippen molar-refractivity contribution in [3.8, 4) is 50.6 Å². The molecule has 0 bridgehead atoms. The lowest BCUT2D eigenvalue weighted by molar-refractivity contribution is 0.446. The topological polar surface area (TPSA) is 50.9 Å². The summed E-state index contributed by atoms with van der Waals surface area (Å²) in [6, 6.07) is 36.4. The molecular weight excluding hydrogens is 587 g/mol. The van der Waals surface area contributed by atoms with Crippen LogP contribution in [0.5, 0.6) is 5.75 Å². The van der Waals surface area contributed by atoms with Crippen molar-refractivity contribution < 1.29 is 5.11 Å². The van der Waals surface area contributed by atoms with Crippen molar-refractivity contribution >= 4 is 21.8 Å². The van der Waals surface area contributed by atoms with Gasteiger partial charge >= 0.3 is 0 Å². The Kier molecular flexibility index (Phi) is 7.51. The van der Waals surface area contributed by atoms with Gasteiger partial charge in [-0.2, -0.15) is 0 Å². The number of pyridine rings is 1. The molecular formula is C44H43N3O. The molecule has 7 rings (SSSR count). The molecule has 4 heteroatoms. The normalized spacial score (nSPS) is 12.2. The second-order valence-corrected chi connectivity index (χ2v) is 15.1. The van der Waals surface area contributed by atoms with Crippen LogP contribution in [0.4, 0.5) is 0 Å². The maximum Gasteiger partial charge on any atom is 0.144 e. The minimum atomic E-state index is -0.237. The summed E-state index contributed by atoms with van der Waals surface area (Å²) in [6.45, 7) is 15.2. The Balaban J connectivity index is 1.46. The Morgan fingerprint density at radius 2 is 1.38 bits per heavy atom. The van der Waals surface area contributed by atoms with E-state index >= 15 is 0 Å². The van der Waals surface area contributed by atoms with Crippen LogP contribution in [0.15, 0.2) is 109 Å². The third kappa shape index (κ3) is 5.45. The highest BCUT2D eigenvalue weighted by Crippen LogP contribution is 2.44. The van der Waals surface area contributed by atoms with Crippen molar-refractivity contribution in [1.29, 1.82) is 0 Å². The lowest BCUT2D eigenvalue weighted by Gasteiger charge is -2.27. The molecule has 4 nitrogen and oxygen atoms in total. The molecule has 240 valence electrons. The fraction of sp³-hybridized carbons (Fsp3) is 0.227. The maximum atomic E-state index is 11.8. The first kappa shape index (κ1) is 31.4. The Bertz CT molecular complexity index is 2330. The molecule has 0 atom stereocenters. The summed E-state index contributed by atoms with van der Waals surface area (Å²) < 4.78 is 2.12. The number of fused-ring (bicyclic) bond motifs is 2. The van der Waals surface area contributed by atoms with Gasteiger partial charge in [0, 0.05) is 29.9 Å². The highest BCUT2D eigenvalue weighted by molar-refractivity contribution is 6.06. The molecule has 0 spiro atoms. The van der Waals surface area contributed by atoms with Crippen LogP contribution in [0, 0.1) is 6.92 Å². The van der Waals surface area contributed by atoms with E-state index in [0.717, 1.165) is 66.7 Å². The number of hydrogen-bond donors (Lipinski definition) is 1. The van der Waals surface area contributed by atoms with Crippen molar-refractivity contribution in [2.75, 3.05) is 0 Å². The molecule has 1 N–H and O–H groups in total. The van der Waals surface area contributed by atoms with Crippen LogP contribution in [0.2, 0.25) is 0 Å². The van der Waals surface area contributed by atoms with Gasteiger partial charge in [-0.1, -0.05) is 114 Å². The quantitative estimate of drug-likeness (QED) is 0.211. The van der Waals surface area contributed by atoms with Crippen LogP contribution < -0.4 is 0 Å². The van der Waals surface area contributed by atoms with Gasteiger partial charge in [0.2, 0.25) is 0 Å². The number of aryl methyl sites for hydroxylation is 2. The van der Waals surface area contributed by atoms with Crippen LogP contribution >= 0.6 is 0 Å². The molecule has 0 radical (unpaired) electrons. The van der Waals surface area contributed by atoms with E-state index < -0.39 is 0 Å². The Hall–Kier alpha value is -5.22. The molecule has 0 aliphatic carbocycles. The average Bonchev–Trinajstić information content (AvgIpc) is 3.40. The predicted octanol–water partition coefficient (Wildman–Crippen LogP) is 11.4. The minimum absolute atomic E-state index is 0.0953. The number of hydrogen-bond acceptors (Lipinski definition) is 3. The molecule has 0 unspecified atom stereocenters. The summed E-state index contributed by atoms with van der Waals surface area (Å²) in [5, 5.41) is 14.1. The molecule has 7 aromatic rings. The molecule has 2 heterocycles. The van der Waals surface area contributed by atoms with Gasteiger partial charge in [0.15, 0.2) is 0 Å². The first-order valence-corrected chi connectivity index (χ1v) is 16.7. The molecule has 0 aliphatic heterocycles. The summed E-state index contributed by atoms with van der Waals surface area (Å²) in [7, 11) is 2.05. The SMILES string of the molecule is Cc1cnc(-c2cc(-c3cccc4c3nc(-c3cc(C(C)(C)C)cc(C(C)(C)C)c3O)n4C)c3ccccc3c2)cc1-c1ccccc1. The van der Waals surface area contributed by atoms with Gasteiger partial charge in [-0.25, -0.2) is 4.98 Å². The summed E-state index contributed by atoms with van der Waals surface area (Å²) in [5.74, 6) is 1.04. The van der Waals surface area contributed by atoms with Gasteiger partial charge in [-0.05, 0) is 86.7 Å². The van der Waals surface area contributed by atoms with E-state index in [1.54, 1.807) is 0 Å². The van der Waals surface area contributed by atoms with Gasteiger partial charge in [-0.3, -0.25) is 4.98 Å². The molecule has 0 fully saturated rings. The Morgan fingerprint density at radius 1 is 0.646 bits per heavy atom. The van der Waals surface area contributed by atoms with Crippen LogP contribution in [0.3, 0.4) is 0 Å². The third-order valence-corrected chi connectivity index (χ3v) is 9.57. The van der Waals surface area contributed by atoms with Crippen molar-refractivity contribution in [3.05, 3.63) is 126 Å². The fourth-order valence-electron chi connectivity index (χ4n) is 6.77. The average molecular weight is 630 g/mol. The lowest BCUT2D eigenvalue weighted by Crippen LogP contribution is -2.17. The van der Waals surface area contributed by atoms with E-state index in [0.29, 0.717) is 5.75 Å². The smallest absolute Gasteiger partial charge is 0.144 e. The summed E-state index contributed by atoms with van der Waals surface area (Å²) in [5.41, 5.74) is 12.1. The Labute approximate surface area is 283 Å². The number of rotatable bonds is 4. The molecule has 2 aromatic heterocycles. The summed E-state index contributed by atoms with van der Waals surface area (Å²) >= 11 is 0. The standard InChI is InChI=1S/C44H43N3O/c1-27-26-45-38(25-34(27)28-15-10-9-11-16-28)30-21-29-17-12-13-18-32(29)35(22-30)33-19-14-20-39-40(33)46-42(47(39)8)36-23-31(43(2,3)4)24-37(41(36)48)44(5,6)7/h9-26,48H,1-8H3. The number of aromatic nitrogens is 3. The first-order valence-electron chi connectivity index (χ1n) is 16.7. The molecule has 5 aromatic carbocycles. The van der Waals surface area contributed by atoms with Crippen LogP contribution in [0.25, 0.3) is 66.7 Å². The molecule has 0 saturated carbocycles. The minimum Gasteiger partial charge on any atom is -0.507 e. The number of nitrogens with zero attached hydrogens (tertiary/aromatic N) is 3. The van der Waals surface area contributed by atoms with Crippen molar-refractivity contribution in [1.82, 2.24) is 14.5 Å². The zero-order valence-electron chi connectivity index (χ0n) is 29.2. The van der Waals surface area contributed by atoms with Crippen LogP contribution in [-0.2, 0) is 17.9 Å². The van der Waals surface area contributed by atoms with E-state index in [-0.39, 0.29) is 10.8 Å². The largest absolute Gasteiger partial charge is 0.507 e. The van der Waals surface area contributed by atoms with Crippen LogP contribution in [-0.4, -0.2) is 19.6 Å². The van der Waals surface area contributed by atoms with Crippen molar-refractivity contribution in [3.63, 3.8) is 0 Å². The lowest BCUT2D eigenvalue weighted by atomic mass is 9.79. The van der Waals surface area contributed by atoms with Crippen LogP contribution in [0.1, 0.15) is 58.2 Å². The number of phenolic OH excluding ortho intramolecular Hbond substituents is 1. The zero-order chi connectivity index (χ0) is 34.0. The molecule has 0 saturated heterocycles. The number of para-hydroxylation sites is 1. The molecule has 48 heavy (non-hydrogen) atoms. The number of phenols is 1. The monoisotopic (exact) mass is 629 g/mol. The zero-order valence-corrected chi connectivity index (χ0v) is 29.2. The van der Waals surface area contributed by atoms with Gasteiger partial charge in [0.1, 0.15) is 11.6 Å². The van der Waals surface area contributed by atoms with Crippen molar-refractivity contribution in [2.45, 2.75) is 59.3 Å². The van der Waals surface area contributed by atoms with Crippen molar-refractivity contribution in [2.24, 2.45) is 7.05 Å². The number of imidazole rings is 1. The summed E-state index contributed by atoms with van der Waals surface area (Å²) in [4.78, 5) is 10.2.